The van der Waals surface area contributed by atoms with Crippen LogP contribution in [0, 0.1) is 0 Å². The summed E-state index contributed by atoms with van der Waals surface area (Å²) >= 11 is 3.45. The number of hydrogen-bond acceptors (Lipinski definition) is 3. The molecule has 13 heavy (non-hydrogen) atoms. The monoisotopic (exact) mass is 209 g/mol. The third-order valence-electron chi connectivity index (χ3n) is 1.79. The summed E-state index contributed by atoms with van der Waals surface area (Å²) in [7, 11) is 0. The topological polar surface area (TPSA) is 12.9 Å². The van der Waals surface area contributed by atoms with Gasteiger partial charge in [0.25, 0.3) is 0 Å². The van der Waals surface area contributed by atoms with Crippen LogP contribution in [0.25, 0.3) is 10.1 Å². The van der Waals surface area contributed by atoms with E-state index in [1.807, 2.05) is 11.8 Å². The van der Waals surface area contributed by atoms with E-state index in [0.29, 0.717) is 0 Å². The molecule has 1 aromatic carbocycles. The lowest BCUT2D eigenvalue weighted by molar-refractivity contribution is 1.10. The fourth-order valence-corrected chi connectivity index (χ4v) is 2.97. The van der Waals surface area contributed by atoms with Crippen LogP contribution in [0.2, 0.25) is 0 Å². The van der Waals surface area contributed by atoms with Gasteiger partial charge in [0.05, 0.1) is 4.70 Å². The van der Waals surface area contributed by atoms with Crippen molar-refractivity contribution in [1.82, 2.24) is 4.37 Å². The molecule has 3 heteroatoms. The second-order valence-corrected chi connectivity index (χ2v) is 4.72. The maximum absolute atomic E-state index is 4.44. The van der Waals surface area contributed by atoms with E-state index in [4.69, 9.17) is 0 Å². The number of nitrogens with zero attached hydrogens (tertiary/aromatic N) is 1. The molecule has 0 bridgehead atoms. The first-order valence-corrected chi connectivity index (χ1v) is 6.15. The van der Waals surface area contributed by atoms with Crippen molar-refractivity contribution in [2.24, 2.45) is 0 Å². The number of hydrogen-bond donors (Lipinski definition) is 0. The number of thioether (sulfide) groups is 1. The summed E-state index contributed by atoms with van der Waals surface area (Å²) < 4.78 is 5.73. The normalized spacial score (nSPS) is 10.8. The Bertz CT molecular complexity index is 394. The van der Waals surface area contributed by atoms with E-state index in [-0.39, 0.29) is 0 Å². The van der Waals surface area contributed by atoms with Crippen LogP contribution in [0.15, 0.2) is 29.3 Å². The van der Waals surface area contributed by atoms with Gasteiger partial charge in [-0.25, -0.2) is 0 Å². The fraction of sp³-hybridized carbons (Fsp3) is 0.300. The average molecular weight is 209 g/mol. The Kier molecular flexibility index (Phi) is 2.86. The van der Waals surface area contributed by atoms with Crippen molar-refractivity contribution in [2.75, 3.05) is 5.75 Å². The van der Waals surface area contributed by atoms with Crippen molar-refractivity contribution in [3.8, 4) is 0 Å². The molecule has 0 aliphatic heterocycles. The summed E-state index contributed by atoms with van der Waals surface area (Å²) in [6.07, 6.45) is 1.20. The Morgan fingerprint density at radius 3 is 3.08 bits per heavy atom. The van der Waals surface area contributed by atoms with Crippen molar-refractivity contribution in [2.45, 2.75) is 18.4 Å². The highest BCUT2D eigenvalue weighted by molar-refractivity contribution is 7.99. The van der Waals surface area contributed by atoms with Gasteiger partial charge < -0.3 is 0 Å². The maximum Gasteiger partial charge on any atom is 0.118 e. The quantitative estimate of drug-likeness (QED) is 0.713. The Morgan fingerprint density at radius 2 is 2.23 bits per heavy atom. The molecule has 0 unspecified atom stereocenters. The second kappa shape index (κ2) is 4.11. The predicted octanol–water partition coefficient (Wildman–Crippen LogP) is 3.80. The summed E-state index contributed by atoms with van der Waals surface area (Å²) in [5.74, 6) is 1.16. The van der Waals surface area contributed by atoms with Crippen LogP contribution >= 0.6 is 23.3 Å². The fourth-order valence-electron chi connectivity index (χ4n) is 1.17. The molecule has 0 aliphatic rings. The van der Waals surface area contributed by atoms with Crippen LogP contribution in [0.3, 0.4) is 0 Å². The highest BCUT2D eigenvalue weighted by atomic mass is 32.2. The minimum Gasteiger partial charge on any atom is -0.185 e. The Morgan fingerprint density at radius 1 is 1.38 bits per heavy atom. The van der Waals surface area contributed by atoms with Crippen LogP contribution in [-0.2, 0) is 0 Å². The lowest BCUT2D eigenvalue weighted by Crippen LogP contribution is -1.75. The van der Waals surface area contributed by atoms with Gasteiger partial charge in [-0.15, -0.1) is 11.8 Å². The SMILES string of the molecule is CCCSc1nsc2ccccc12. The van der Waals surface area contributed by atoms with Gasteiger partial charge in [-0.1, -0.05) is 25.1 Å². The van der Waals surface area contributed by atoms with Gasteiger partial charge in [-0.3, -0.25) is 0 Å². The molecule has 68 valence electrons. The van der Waals surface area contributed by atoms with Gasteiger partial charge in [0, 0.05) is 5.39 Å². The molecule has 1 heterocycles. The molecule has 0 N–H and O–H groups in total. The Labute approximate surface area is 86.3 Å². The molecule has 2 aromatic rings. The van der Waals surface area contributed by atoms with E-state index in [0.717, 1.165) is 5.75 Å². The smallest absolute Gasteiger partial charge is 0.118 e. The molecule has 1 nitrogen and oxygen atoms in total. The lowest BCUT2D eigenvalue weighted by Gasteiger charge is -1.94. The highest BCUT2D eigenvalue weighted by Crippen LogP contribution is 2.29. The highest BCUT2D eigenvalue weighted by Gasteiger charge is 2.04. The summed E-state index contributed by atoms with van der Waals surface area (Å²) in [4.78, 5) is 0. The molecule has 0 radical (unpaired) electrons. The van der Waals surface area contributed by atoms with Crippen LogP contribution in [-0.4, -0.2) is 10.1 Å². The first-order chi connectivity index (χ1) is 6.42. The van der Waals surface area contributed by atoms with Gasteiger partial charge >= 0.3 is 0 Å². The van der Waals surface area contributed by atoms with Crippen LogP contribution in [0.5, 0.6) is 0 Å². The number of fused-ring (bicyclic) bond motifs is 1. The van der Waals surface area contributed by atoms with E-state index in [2.05, 4.69) is 35.6 Å². The molecule has 2 rings (SSSR count). The zero-order valence-electron chi connectivity index (χ0n) is 7.49. The van der Waals surface area contributed by atoms with Crippen molar-refractivity contribution in [3.63, 3.8) is 0 Å². The zero-order valence-corrected chi connectivity index (χ0v) is 9.12. The van der Waals surface area contributed by atoms with E-state index in [1.54, 1.807) is 11.5 Å². The molecule has 0 amide bonds. The number of benzene rings is 1. The van der Waals surface area contributed by atoms with Crippen molar-refractivity contribution >= 4 is 33.4 Å². The van der Waals surface area contributed by atoms with Crippen LogP contribution in [0.4, 0.5) is 0 Å². The van der Waals surface area contributed by atoms with Gasteiger partial charge in [-0.05, 0) is 29.8 Å². The van der Waals surface area contributed by atoms with E-state index in [9.17, 15) is 0 Å². The Hall–Kier alpha value is -0.540. The maximum atomic E-state index is 4.44. The lowest BCUT2D eigenvalue weighted by atomic mass is 10.3. The van der Waals surface area contributed by atoms with Gasteiger partial charge in [0.1, 0.15) is 5.03 Å². The van der Waals surface area contributed by atoms with Gasteiger partial charge in [0.2, 0.25) is 0 Å². The summed E-state index contributed by atoms with van der Waals surface area (Å²) in [5.41, 5.74) is 0. The standard InChI is InChI=1S/C10H11NS2/c1-2-7-12-10-8-5-3-4-6-9(8)13-11-10/h3-6H,2,7H2,1H3. The third kappa shape index (κ3) is 1.86. The van der Waals surface area contributed by atoms with Crippen LogP contribution in [0.1, 0.15) is 13.3 Å². The van der Waals surface area contributed by atoms with Crippen LogP contribution < -0.4 is 0 Å². The molecule has 1 aromatic heterocycles. The first kappa shape index (κ1) is 9.03. The van der Waals surface area contributed by atoms with Gasteiger partial charge in [-0.2, -0.15) is 4.37 Å². The minimum atomic E-state index is 1.16. The van der Waals surface area contributed by atoms with Gasteiger partial charge in [0.15, 0.2) is 0 Å². The average Bonchev–Trinajstić information content (AvgIpc) is 2.58. The summed E-state index contributed by atoms with van der Waals surface area (Å²) in [6.45, 7) is 2.20. The first-order valence-electron chi connectivity index (χ1n) is 4.39. The molecular weight excluding hydrogens is 198 g/mol. The predicted molar refractivity (Wildman–Crippen MR) is 60.6 cm³/mol. The third-order valence-corrected chi connectivity index (χ3v) is 3.93. The zero-order chi connectivity index (χ0) is 9.10. The van der Waals surface area contributed by atoms with Crippen molar-refractivity contribution in [1.29, 1.82) is 0 Å². The second-order valence-electron chi connectivity index (χ2n) is 2.83. The van der Waals surface area contributed by atoms with Crippen molar-refractivity contribution in [3.05, 3.63) is 24.3 Å². The largest absolute Gasteiger partial charge is 0.185 e. The summed E-state index contributed by atoms with van der Waals surface area (Å²) in [5, 5.41) is 2.51. The molecular formula is C10H11NS2. The molecule has 0 saturated carbocycles. The minimum absolute atomic E-state index is 1.16. The molecule has 0 atom stereocenters. The van der Waals surface area contributed by atoms with Crippen molar-refractivity contribution < 1.29 is 0 Å². The number of aromatic nitrogens is 1. The molecule has 0 aliphatic carbocycles. The number of rotatable bonds is 3. The van der Waals surface area contributed by atoms with E-state index < -0.39 is 0 Å². The van der Waals surface area contributed by atoms with E-state index >= 15 is 0 Å². The van der Waals surface area contributed by atoms with E-state index in [1.165, 1.54) is 21.5 Å². The Balaban J connectivity index is 2.35. The molecule has 0 saturated heterocycles. The summed E-state index contributed by atoms with van der Waals surface area (Å²) in [6, 6.07) is 8.42. The molecule has 0 fully saturated rings. The molecule has 0 spiro atoms.